The number of alkyl carbamates (subject to hydrolysis) is 1. The number of hydrogen-bond donors (Lipinski definition) is 3. The Morgan fingerprint density at radius 2 is 1.73 bits per heavy atom. The number of carboxylic acids is 1. The first-order valence-corrected chi connectivity index (χ1v) is 10.5. The monoisotopic (exact) mass is 449 g/mol. The predicted octanol–water partition coefficient (Wildman–Crippen LogP) is 3.69. The van der Waals surface area contributed by atoms with Gasteiger partial charge in [0.05, 0.1) is 0 Å². The van der Waals surface area contributed by atoms with Crippen LogP contribution in [0.3, 0.4) is 0 Å². The molecule has 1 aliphatic rings. The molecule has 1 atom stereocenters. The number of aryl methyl sites for hydroxylation is 1. The highest BCUT2D eigenvalue weighted by Crippen LogP contribution is 2.44. The molecule has 1 aromatic heterocycles. The smallest absolute Gasteiger partial charge is 0.407 e. The molecule has 0 saturated heterocycles. The van der Waals surface area contributed by atoms with Crippen molar-refractivity contribution in [3.05, 3.63) is 71.5 Å². The highest BCUT2D eigenvalue weighted by molar-refractivity contribution is 5.96. The third-order valence-corrected chi connectivity index (χ3v) is 5.48. The van der Waals surface area contributed by atoms with Gasteiger partial charge in [0.1, 0.15) is 18.4 Å². The molecule has 0 bridgehead atoms. The molecule has 170 valence electrons. The molecule has 9 nitrogen and oxygen atoms in total. The number of carbonyl (C=O) groups excluding carboxylic acids is 2. The van der Waals surface area contributed by atoms with Gasteiger partial charge in [0, 0.05) is 18.4 Å². The lowest BCUT2D eigenvalue weighted by atomic mass is 9.98. The Kier molecular flexibility index (Phi) is 6.39. The Hall–Kier alpha value is -4.14. The molecule has 0 aliphatic heterocycles. The molecule has 2 amide bonds. The highest BCUT2D eigenvalue weighted by Gasteiger charge is 2.30. The summed E-state index contributed by atoms with van der Waals surface area (Å²) in [6.45, 7) is 1.75. The molecule has 3 aromatic rings. The average Bonchev–Trinajstić information content (AvgIpc) is 3.35. The maximum absolute atomic E-state index is 12.6. The predicted molar refractivity (Wildman–Crippen MR) is 119 cm³/mol. The SMILES string of the molecule is Cc1cc(NC(=O)C(CCC(=O)O)NC(=O)OCC2c3ccccc3-c3ccccc32)no1. The van der Waals surface area contributed by atoms with E-state index < -0.39 is 24.0 Å². The quantitative estimate of drug-likeness (QED) is 0.478. The second-order valence-corrected chi connectivity index (χ2v) is 7.77. The summed E-state index contributed by atoms with van der Waals surface area (Å²) in [5, 5.41) is 17.7. The summed E-state index contributed by atoms with van der Waals surface area (Å²) in [6.07, 6.45) is -1.22. The van der Waals surface area contributed by atoms with Crippen molar-refractivity contribution in [2.45, 2.75) is 31.7 Å². The molecule has 0 saturated carbocycles. The van der Waals surface area contributed by atoms with Gasteiger partial charge in [-0.3, -0.25) is 9.59 Å². The van der Waals surface area contributed by atoms with Crippen molar-refractivity contribution >= 4 is 23.8 Å². The Bertz CT molecular complexity index is 1140. The fourth-order valence-corrected chi connectivity index (χ4v) is 3.96. The van der Waals surface area contributed by atoms with Gasteiger partial charge in [-0.15, -0.1) is 0 Å². The number of rotatable bonds is 8. The van der Waals surface area contributed by atoms with E-state index in [1.807, 2.05) is 48.5 Å². The number of aliphatic carboxylic acids is 1. The highest BCUT2D eigenvalue weighted by atomic mass is 16.5. The number of carboxylic acid groups (broad SMARTS) is 1. The molecule has 1 heterocycles. The van der Waals surface area contributed by atoms with E-state index in [4.69, 9.17) is 14.4 Å². The molecule has 1 unspecified atom stereocenters. The number of nitrogens with zero attached hydrogens (tertiary/aromatic N) is 1. The molecule has 1 aliphatic carbocycles. The van der Waals surface area contributed by atoms with Crippen molar-refractivity contribution in [2.75, 3.05) is 11.9 Å². The van der Waals surface area contributed by atoms with E-state index in [9.17, 15) is 14.4 Å². The fourth-order valence-electron chi connectivity index (χ4n) is 3.96. The van der Waals surface area contributed by atoms with E-state index in [2.05, 4.69) is 15.8 Å². The number of nitrogens with one attached hydrogen (secondary N) is 2. The summed E-state index contributed by atoms with van der Waals surface area (Å²) in [6, 6.07) is 16.3. The fraction of sp³-hybridized carbons (Fsp3) is 0.250. The molecular formula is C24H23N3O6. The standard InChI is InChI=1S/C24H23N3O6/c1-14-12-21(27-33-14)26-23(30)20(10-11-22(28)29)25-24(31)32-13-19-17-8-4-2-6-15(17)16-7-3-5-9-18(16)19/h2-9,12,19-20H,10-11,13H2,1H3,(H,25,31)(H,28,29)(H,26,27,30). The Morgan fingerprint density at radius 3 is 2.30 bits per heavy atom. The second kappa shape index (κ2) is 9.56. The first-order chi connectivity index (χ1) is 15.9. The van der Waals surface area contributed by atoms with Crippen LogP contribution >= 0.6 is 0 Å². The molecule has 0 radical (unpaired) electrons. The van der Waals surface area contributed by atoms with Crippen LogP contribution < -0.4 is 10.6 Å². The number of fused-ring (bicyclic) bond motifs is 3. The van der Waals surface area contributed by atoms with E-state index >= 15 is 0 Å². The summed E-state index contributed by atoms with van der Waals surface area (Å²) in [7, 11) is 0. The van der Waals surface area contributed by atoms with Crippen LogP contribution in [0.1, 0.15) is 35.6 Å². The van der Waals surface area contributed by atoms with Gasteiger partial charge >= 0.3 is 12.1 Å². The summed E-state index contributed by atoms with van der Waals surface area (Å²) >= 11 is 0. The van der Waals surface area contributed by atoms with Crippen LogP contribution in [0, 0.1) is 6.92 Å². The van der Waals surface area contributed by atoms with Crippen LogP contribution in [-0.4, -0.2) is 40.9 Å². The summed E-state index contributed by atoms with van der Waals surface area (Å²) in [4.78, 5) is 36.2. The second-order valence-electron chi connectivity index (χ2n) is 7.77. The molecule has 33 heavy (non-hydrogen) atoms. The summed E-state index contributed by atoms with van der Waals surface area (Å²) in [5.74, 6) is -1.16. The van der Waals surface area contributed by atoms with E-state index in [0.29, 0.717) is 5.76 Å². The zero-order valence-electron chi connectivity index (χ0n) is 17.9. The third-order valence-electron chi connectivity index (χ3n) is 5.48. The normalized spacial score (nSPS) is 13.0. The van der Waals surface area contributed by atoms with Crippen LogP contribution in [0.25, 0.3) is 11.1 Å². The Morgan fingerprint density at radius 1 is 1.09 bits per heavy atom. The maximum atomic E-state index is 12.6. The lowest BCUT2D eigenvalue weighted by Gasteiger charge is -2.19. The van der Waals surface area contributed by atoms with Gasteiger partial charge in [-0.25, -0.2) is 4.79 Å². The number of benzene rings is 2. The molecule has 4 rings (SSSR count). The van der Waals surface area contributed by atoms with E-state index in [-0.39, 0.29) is 31.2 Å². The van der Waals surface area contributed by atoms with Crippen LogP contribution in [-0.2, 0) is 14.3 Å². The number of amides is 2. The number of ether oxygens (including phenoxy) is 1. The number of carbonyl (C=O) groups is 3. The van der Waals surface area contributed by atoms with Crippen molar-refractivity contribution in [3.63, 3.8) is 0 Å². The van der Waals surface area contributed by atoms with Crippen molar-refractivity contribution in [2.24, 2.45) is 0 Å². The van der Waals surface area contributed by atoms with E-state index in [1.165, 1.54) is 6.07 Å². The van der Waals surface area contributed by atoms with Gasteiger partial charge in [0.2, 0.25) is 5.91 Å². The number of aromatic nitrogens is 1. The number of hydrogen-bond acceptors (Lipinski definition) is 6. The van der Waals surface area contributed by atoms with E-state index in [0.717, 1.165) is 22.3 Å². The molecule has 9 heteroatoms. The first-order valence-electron chi connectivity index (χ1n) is 10.5. The van der Waals surface area contributed by atoms with Crippen LogP contribution in [0.4, 0.5) is 10.6 Å². The van der Waals surface area contributed by atoms with Crippen molar-refractivity contribution in [3.8, 4) is 11.1 Å². The van der Waals surface area contributed by atoms with Crippen LogP contribution in [0.2, 0.25) is 0 Å². The zero-order chi connectivity index (χ0) is 23.4. The molecule has 3 N–H and O–H groups in total. The molecule has 2 aromatic carbocycles. The van der Waals surface area contributed by atoms with Crippen molar-refractivity contribution < 1.29 is 28.8 Å². The van der Waals surface area contributed by atoms with Gasteiger partial charge in [0.25, 0.3) is 0 Å². The van der Waals surface area contributed by atoms with Gasteiger partial charge in [-0.2, -0.15) is 0 Å². The van der Waals surface area contributed by atoms with Crippen LogP contribution in [0.15, 0.2) is 59.1 Å². The maximum Gasteiger partial charge on any atom is 0.407 e. The topological polar surface area (TPSA) is 131 Å². The van der Waals surface area contributed by atoms with Crippen LogP contribution in [0.5, 0.6) is 0 Å². The Labute approximate surface area is 189 Å². The Balaban J connectivity index is 1.42. The largest absolute Gasteiger partial charge is 0.481 e. The minimum atomic E-state index is -1.12. The summed E-state index contributed by atoms with van der Waals surface area (Å²) < 4.78 is 10.4. The minimum absolute atomic E-state index is 0.0790. The molecule has 0 fully saturated rings. The lowest BCUT2D eigenvalue weighted by Crippen LogP contribution is -2.44. The van der Waals surface area contributed by atoms with Gasteiger partial charge in [0.15, 0.2) is 5.82 Å². The summed E-state index contributed by atoms with van der Waals surface area (Å²) in [5.41, 5.74) is 4.33. The average molecular weight is 449 g/mol. The zero-order valence-corrected chi connectivity index (χ0v) is 17.9. The molecular weight excluding hydrogens is 426 g/mol. The van der Waals surface area contributed by atoms with Gasteiger partial charge in [-0.1, -0.05) is 53.7 Å². The number of anilines is 1. The van der Waals surface area contributed by atoms with Crippen molar-refractivity contribution in [1.29, 1.82) is 0 Å². The van der Waals surface area contributed by atoms with E-state index in [1.54, 1.807) is 6.92 Å². The van der Waals surface area contributed by atoms with Crippen molar-refractivity contribution in [1.82, 2.24) is 10.5 Å². The molecule has 0 spiro atoms. The van der Waals surface area contributed by atoms with Gasteiger partial charge < -0.3 is 25.0 Å². The lowest BCUT2D eigenvalue weighted by molar-refractivity contribution is -0.137. The minimum Gasteiger partial charge on any atom is -0.481 e. The first kappa shape index (κ1) is 22.1. The third kappa shape index (κ3) is 5.03. The van der Waals surface area contributed by atoms with Gasteiger partial charge in [-0.05, 0) is 35.6 Å².